The lowest BCUT2D eigenvalue weighted by Gasteiger charge is -2.21. The van der Waals surface area contributed by atoms with Crippen molar-refractivity contribution in [3.63, 3.8) is 0 Å². The number of rotatable bonds is 8. The molecule has 0 amide bonds. The van der Waals surface area contributed by atoms with Crippen molar-refractivity contribution in [2.45, 2.75) is 25.8 Å². The van der Waals surface area contributed by atoms with Gasteiger partial charge < -0.3 is 9.47 Å². The Morgan fingerprint density at radius 1 is 1.37 bits per heavy atom. The summed E-state index contributed by atoms with van der Waals surface area (Å²) in [4.78, 5) is 0. The molecule has 0 spiro atoms. The van der Waals surface area contributed by atoms with Crippen LogP contribution >= 0.6 is 11.6 Å². The minimum atomic E-state index is 0.164. The second-order valence-electron chi connectivity index (χ2n) is 4.82. The van der Waals surface area contributed by atoms with Crippen LogP contribution in [0.25, 0.3) is 0 Å². The second kappa shape index (κ2) is 8.38. The van der Waals surface area contributed by atoms with E-state index < -0.39 is 0 Å². The highest BCUT2D eigenvalue weighted by atomic mass is 35.5. The highest BCUT2D eigenvalue weighted by Gasteiger charge is 2.15. The summed E-state index contributed by atoms with van der Waals surface area (Å²) in [6, 6.07) is 5.79. The topological polar surface area (TPSA) is 56.5 Å². The zero-order valence-electron chi connectivity index (χ0n) is 11.8. The van der Waals surface area contributed by atoms with Crippen molar-refractivity contribution in [3.8, 4) is 5.75 Å². The minimum absolute atomic E-state index is 0.164. The standard InChI is InChI=1S/C14H23ClN2O2/c1-10(9-18-2)6-13(17-16)8-11-7-12(15)4-5-14(11)19-3/h4-5,7,10,13,17H,6,8-9,16H2,1-3H3. The van der Waals surface area contributed by atoms with Gasteiger partial charge in [-0.05, 0) is 42.5 Å². The van der Waals surface area contributed by atoms with E-state index in [9.17, 15) is 0 Å². The van der Waals surface area contributed by atoms with Gasteiger partial charge in [-0.3, -0.25) is 11.3 Å². The van der Waals surface area contributed by atoms with Gasteiger partial charge in [-0.2, -0.15) is 0 Å². The fourth-order valence-corrected chi connectivity index (χ4v) is 2.42. The summed E-state index contributed by atoms with van der Waals surface area (Å²) in [5.41, 5.74) is 3.91. The van der Waals surface area contributed by atoms with Crippen LogP contribution in [0.5, 0.6) is 5.75 Å². The maximum Gasteiger partial charge on any atom is 0.122 e. The fraction of sp³-hybridized carbons (Fsp3) is 0.571. The normalized spacial score (nSPS) is 14.2. The quantitative estimate of drug-likeness (QED) is 0.569. The van der Waals surface area contributed by atoms with Gasteiger partial charge in [-0.15, -0.1) is 0 Å². The highest BCUT2D eigenvalue weighted by Crippen LogP contribution is 2.25. The molecule has 0 aliphatic heterocycles. The first-order chi connectivity index (χ1) is 9.10. The van der Waals surface area contributed by atoms with Crippen LogP contribution < -0.4 is 16.0 Å². The van der Waals surface area contributed by atoms with Crippen molar-refractivity contribution in [2.75, 3.05) is 20.8 Å². The third-order valence-corrected chi connectivity index (χ3v) is 3.32. The van der Waals surface area contributed by atoms with E-state index >= 15 is 0 Å². The van der Waals surface area contributed by atoms with Crippen molar-refractivity contribution in [3.05, 3.63) is 28.8 Å². The molecule has 0 bridgehead atoms. The van der Waals surface area contributed by atoms with Gasteiger partial charge in [0.1, 0.15) is 5.75 Å². The number of methoxy groups -OCH3 is 2. The Morgan fingerprint density at radius 2 is 2.11 bits per heavy atom. The Kier molecular flexibility index (Phi) is 7.16. The van der Waals surface area contributed by atoms with Crippen molar-refractivity contribution in [2.24, 2.45) is 11.8 Å². The van der Waals surface area contributed by atoms with Crippen molar-refractivity contribution >= 4 is 11.6 Å². The van der Waals surface area contributed by atoms with E-state index in [0.717, 1.165) is 30.8 Å². The number of hydrazine groups is 1. The van der Waals surface area contributed by atoms with E-state index in [4.69, 9.17) is 26.9 Å². The molecule has 0 saturated heterocycles. The van der Waals surface area contributed by atoms with Crippen LogP contribution in [0.4, 0.5) is 0 Å². The smallest absolute Gasteiger partial charge is 0.122 e. The Hall–Kier alpha value is -0.810. The molecule has 2 atom stereocenters. The van der Waals surface area contributed by atoms with Gasteiger partial charge in [-0.1, -0.05) is 18.5 Å². The molecular formula is C14H23ClN2O2. The molecule has 4 nitrogen and oxygen atoms in total. The molecule has 1 aromatic rings. The lowest BCUT2D eigenvalue weighted by molar-refractivity contribution is 0.149. The Bertz CT molecular complexity index is 388. The van der Waals surface area contributed by atoms with E-state index in [1.54, 1.807) is 14.2 Å². The zero-order valence-corrected chi connectivity index (χ0v) is 12.5. The summed E-state index contributed by atoms with van der Waals surface area (Å²) < 4.78 is 10.5. The van der Waals surface area contributed by atoms with Gasteiger partial charge in [0.2, 0.25) is 0 Å². The molecule has 5 heteroatoms. The molecular weight excluding hydrogens is 264 g/mol. The number of nitrogens with two attached hydrogens (primary N) is 1. The van der Waals surface area contributed by atoms with Gasteiger partial charge in [0, 0.05) is 24.8 Å². The third kappa shape index (κ3) is 5.37. The first-order valence-electron chi connectivity index (χ1n) is 6.38. The van der Waals surface area contributed by atoms with E-state index in [1.807, 2.05) is 18.2 Å². The van der Waals surface area contributed by atoms with Crippen LogP contribution in [0.3, 0.4) is 0 Å². The van der Waals surface area contributed by atoms with Crippen LogP contribution in [0.15, 0.2) is 18.2 Å². The number of nitrogens with one attached hydrogen (secondary N) is 1. The largest absolute Gasteiger partial charge is 0.496 e. The summed E-state index contributed by atoms with van der Waals surface area (Å²) in [5, 5.41) is 0.705. The molecule has 0 aliphatic carbocycles. The summed E-state index contributed by atoms with van der Waals surface area (Å²) in [6.07, 6.45) is 1.70. The number of ether oxygens (including phenoxy) is 2. The van der Waals surface area contributed by atoms with E-state index in [1.165, 1.54) is 0 Å². The molecule has 0 fully saturated rings. The first kappa shape index (κ1) is 16.2. The van der Waals surface area contributed by atoms with E-state index in [0.29, 0.717) is 10.9 Å². The van der Waals surface area contributed by atoms with Crippen LogP contribution in [0, 0.1) is 5.92 Å². The lowest BCUT2D eigenvalue weighted by Crippen LogP contribution is -2.38. The van der Waals surface area contributed by atoms with Gasteiger partial charge in [0.15, 0.2) is 0 Å². The van der Waals surface area contributed by atoms with Crippen molar-refractivity contribution in [1.82, 2.24) is 5.43 Å². The van der Waals surface area contributed by atoms with Crippen molar-refractivity contribution < 1.29 is 9.47 Å². The molecule has 0 radical (unpaired) electrons. The summed E-state index contributed by atoms with van der Waals surface area (Å²) in [6.45, 7) is 2.87. The van der Waals surface area contributed by atoms with Gasteiger partial charge in [-0.25, -0.2) is 0 Å². The lowest BCUT2D eigenvalue weighted by atomic mass is 9.96. The van der Waals surface area contributed by atoms with Gasteiger partial charge in [0.25, 0.3) is 0 Å². The van der Waals surface area contributed by atoms with E-state index in [-0.39, 0.29) is 6.04 Å². The number of halogens is 1. The average Bonchev–Trinajstić information content (AvgIpc) is 2.38. The molecule has 1 rings (SSSR count). The van der Waals surface area contributed by atoms with Gasteiger partial charge >= 0.3 is 0 Å². The Morgan fingerprint density at radius 3 is 2.68 bits per heavy atom. The number of hydrogen-bond donors (Lipinski definition) is 2. The molecule has 2 unspecified atom stereocenters. The molecule has 1 aromatic carbocycles. The van der Waals surface area contributed by atoms with Gasteiger partial charge in [0.05, 0.1) is 7.11 Å². The molecule has 0 aliphatic rings. The first-order valence-corrected chi connectivity index (χ1v) is 6.76. The fourth-order valence-electron chi connectivity index (χ4n) is 2.22. The Balaban J connectivity index is 2.72. The average molecular weight is 287 g/mol. The Labute approximate surface area is 120 Å². The van der Waals surface area contributed by atoms with E-state index in [2.05, 4.69) is 12.3 Å². The van der Waals surface area contributed by atoms with Crippen LogP contribution in [0.2, 0.25) is 5.02 Å². The molecule has 0 saturated carbocycles. The van der Waals surface area contributed by atoms with Crippen molar-refractivity contribution in [1.29, 1.82) is 0 Å². The highest BCUT2D eigenvalue weighted by molar-refractivity contribution is 6.30. The summed E-state index contributed by atoms with van der Waals surface area (Å²) >= 11 is 6.03. The predicted molar refractivity (Wildman–Crippen MR) is 78.5 cm³/mol. The molecule has 3 N–H and O–H groups in total. The minimum Gasteiger partial charge on any atom is -0.496 e. The zero-order chi connectivity index (χ0) is 14.3. The van der Waals surface area contributed by atoms with Crippen LogP contribution in [-0.2, 0) is 11.2 Å². The molecule has 19 heavy (non-hydrogen) atoms. The monoisotopic (exact) mass is 286 g/mol. The van der Waals surface area contributed by atoms with Crippen LogP contribution in [0.1, 0.15) is 18.9 Å². The second-order valence-corrected chi connectivity index (χ2v) is 5.26. The predicted octanol–water partition coefficient (Wildman–Crippen LogP) is 2.40. The number of benzene rings is 1. The maximum absolute atomic E-state index is 6.03. The summed E-state index contributed by atoms with van der Waals surface area (Å²) in [7, 11) is 3.37. The third-order valence-electron chi connectivity index (χ3n) is 3.08. The molecule has 0 aromatic heterocycles. The molecule has 0 heterocycles. The maximum atomic E-state index is 6.03. The SMILES string of the molecule is COCC(C)CC(Cc1cc(Cl)ccc1OC)NN. The van der Waals surface area contributed by atoms with Crippen LogP contribution in [-0.4, -0.2) is 26.9 Å². The molecule has 108 valence electrons. The summed E-state index contributed by atoms with van der Waals surface area (Å²) in [5.74, 6) is 6.91. The number of hydrogen-bond acceptors (Lipinski definition) is 4.